The van der Waals surface area contributed by atoms with Gasteiger partial charge in [0.1, 0.15) is 9.99 Å². The van der Waals surface area contributed by atoms with Gasteiger partial charge in [-0.05, 0) is 12.1 Å². The summed E-state index contributed by atoms with van der Waals surface area (Å²) in [4.78, 5) is 23.2. The van der Waals surface area contributed by atoms with Crippen LogP contribution in [0.1, 0.15) is 18.4 Å². The van der Waals surface area contributed by atoms with E-state index in [1.54, 1.807) is 0 Å². The van der Waals surface area contributed by atoms with Crippen molar-refractivity contribution >= 4 is 38.1 Å². The molecule has 2 aromatic rings. The molecular weight excluding hydrogens is 618 g/mol. The van der Waals surface area contributed by atoms with Crippen molar-refractivity contribution in [1.29, 1.82) is 0 Å². The van der Waals surface area contributed by atoms with Crippen LogP contribution in [0.3, 0.4) is 0 Å². The van der Waals surface area contributed by atoms with Crippen LogP contribution in [0, 0.1) is 0 Å². The van der Waals surface area contributed by atoms with Crippen LogP contribution in [0.15, 0.2) is 28.7 Å². The lowest BCUT2D eigenvalue weighted by Crippen LogP contribution is -2.64. The predicted octanol–water partition coefficient (Wildman–Crippen LogP) is 1.74. The van der Waals surface area contributed by atoms with Crippen molar-refractivity contribution in [2.45, 2.75) is 53.1 Å². The Morgan fingerprint density at radius 1 is 1.02 bits per heavy atom. The number of aromatic nitrogens is 2. The van der Waals surface area contributed by atoms with E-state index in [1.807, 2.05) is 4.90 Å². The summed E-state index contributed by atoms with van der Waals surface area (Å²) >= 11 is 0.882. The van der Waals surface area contributed by atoms with Gasteiger partial charge in [0.25, 0.3) is 15.6 Å². The number of thiophene rings is 1. The third kappa shape index (κ3) is 5.45. The van der Waals surface area contributed by atoms with Crippen molar-refractivity contribution in [1.82, 2.24) is 19.2 Å². The molecule has 0 radical (unpaired) electrons. The van der Waals surface area contributed by atoms with Gasteiger partial charge in [-0.3, -0.25) is 9.69 Å². The smallest absolute Gasteiger partial charge is 0.391 e. The minimum absolute atomic E-state index is 0.0141. The van der Waals surface area contributed by atoms with Gasteiger partial charge >= 0.3 is 12.4 Å². The molecule has 0 aromatic carbocycles. The monoisotopic (exact) mass is 644 g/mol. The van der Waals surface area contributed by atoms with Gasteiger partial charge in [0, 0.05) is 69.1 Å². The van der Waals surface area contributed by atoms with E-state index in [9.17, 15) is 44.7 Å². The second-order valence-corrected chi connectivity index (χ2v) is 13.6. The van der Waals surface area contributed by atoms with Crippen molar-refractivity contribution in [3.05, 3.63) is 30.1 Å². The number of nitrogens with two attached hydrogens (primary N) is 1. The number of aliphatic hydroxyl groups is 1. The number of nitrogens with zero attached hydrogens (tertiary/aromatic N) is 5. The zero-order chi connectivity index (χ0) is 30.7. The molecule has 3 aliphatic rings. The van der Waals surface area contributed by atoms with Crippen molar-refractivity contribution < 1.29 is 49.4 Å². The van der Waals surface area contributed by atoms with Gasteiger partial charge in [0.15, 0.2) is 0 Å². The number of nitrogen functional groups attached to an aromatic ring is 1. The average Bonchev–Trinajstić information content (AvgIpc) is 3.34. The number of carbonyl (C=O) groups excluding carboxylic acids is 1. The molecule has 5 heterocycles. The zero-order valence-corrected chi connectivity index (χ0v) is 23.3. The number of piperazine rings is 1. The van der Waals surface area contributed by atoms with E-state index < -0.39 is 39.6 Å². The minimum Gasteiger partial charge on any atom is -0.391 e. The number of piperidine rings is 1. The van der Waals surface area contributed by atoms with Crippen LogP contribution in [-0.2, 0) is 25.2 Å². The van der Waals surface area contributed by atoms with Crippen LogP contribution in [-0.4, -0.2) is 108 Å². The summed E-state index contributed by atoms with van der Waals surface area (Å²) < 4.78 is 114. The first kappa shape index (κ1) is 30.9. The second-order valence-electron chi connectivity index (χ2n) is 10.3. The molecule has 3 saturated heterocycles. The van der Waals surface area contributed by atoms with Gasteiger partial charge in [0.05, 0.1) is 24.3 Å². The Balaban J connectivity index is 1.46. The molecule has 42 heavy (non-hydrogen) atoms. The zero-order valence-electron chi connectivity index (χ0n) is 21.7. The number of Topliss-reactive ketones (excluding diaryl/α,β-unsaturated/α-hetero) is 1. The number of sulfonamides is 1. The minimum atomic E-state index is -6.10. The molecule has 3 aliphatic heterocycles. The molecule has 3 fully saturated rings. The van der Waals surface area contributed by atoms with Gasteiger partial charge in [-0.2, -0.15) is 30.6 Å². The van der Waals surface area contributed by atoms with Crippen molar-refractivity contribution in [3.8, 4) is 0 Å². The van der Waals surface area contributed by atoms with E-state index >= 15 is 0 Å². The van der Waals surface area contributed by atoms with Crippen molar-refractivity contribution in [2.24, 2.45) is 0 Å². The number of anilines is 2. The van der Waals surface area contributed by atoms with Crippen LogP contribution >= 0.6 is 11.3 Å². The summed E-state index contributed by atoms with van der Waals surface area (Å²) in [6.07, 6.45) is -11.2. The fourth-order valence-corrected chi connectivity index (χ4v) is 8.26. The summed E-state index contributed by atoms with van der Waals surface area (Å²) in [5, 5.41) is 9.99. The highest BCUT2D eigenvalue weighted by Crippen LogP contribution is 2.49. The Labute approximate surface area is 239 Å². The number of alkyl halides is 6. The van der Waals surface area contributed by atoms with E-state index in [0.29, 0.717) is 5.00 Å². The Bertz CT molecular complexity index is 1390. The highest BCUT2D eigenvalue weighted by atomic mass is 32.2. The van der Waals surface area contributed by atoms with Crippen LogP contribution in [0.5, 0.6) is 0 Å². The Morgan fingerprint density at radius 3 is 2.14 bits per heavy atom. The summed E-state index contributed by atoms with van der Waals surface area (Å²) in [7, 11) is -3.98. The van der Waals surface area contributed by atoms with E-state index in [-0.39, 0.29) is 92.7 Å². The molecule has 0 spiro atoms. The van der Waals surface area contributed by atoms with Crippen LogP contribution in [0.25, 0.3) is 0 Å². The molecule has 2 bridgehead atoms. The van der Waals surface area contributed by atoms with Crippen LogP contribution in [0.4, 0.5) is 37.3 Å². The molecule has 5 rings (SSSR count). The number of fused-ring (bicyclic) bond motifs is 2. The lowest BCUT2D eigenvalue weighted by Gasteiger charge is -2.49. The quantitative estimate of drug-likeness (QED) is 0.447. The molecular formula is C23H26F6N6O5S2. The van der Waals surface area contributed by atoms with Crippen molar-refractivity contribution in [2.75, 3.05) is 50.0 Å². The Hall–Kier alpha value is -2.58. The first-order chi connectivity index (χ1) is 19.5. The number of rotatable bonds is 6. The highest BCUT2D eigenvalue weighted by Gasteiger charge is 2.71. The molecule has 11 nitrogen and oxygen atoms in total. The maximum atomic E-state index is 13.4. The van der Waals surface area contributed by atoms with Gasteiger partial charge in [0.2, 0.25) is 5.95 Å². The number of hydrogen-bond acceptors (Lipinski definition) is 11. The molecule has 3 N–H and O–H groups in total. The first-order valence-corrected chi connectivity index (χ1v) is 14.9. The lowest BCUT2D eigenvalue weighted by molar-refractivity contribution is -0.376. The Kier molecular flexibility index (Phi) is 7.97. The van der Waals surface area contributed by atoms with Gasteiger partial charge in [-0.25, -0.2) is 18.4 Å². The Morgan fingerprint density at radius 2 is 1.62 bits per heavy atom. The number of halogens is 6. The second kappa shape index (κ2) is 10.8. The van der Waals surface area contributed by atoms with Crippen LogP contribution in [0.2, 0.25) is 0 Å². The number of morpholine rings is 1. The van der Waals surface area contributed by atoms with E-state index in [4.69, 9.17) is 10.5 Å². The summed E-state index contributed by atoms with van der Waals surface area (Å²) in [6.45, 7) is 0.459. The fraction of sp³-hybridized carbons (Fsp3) is 0.609. The summed E-state index contributed by atoms with van der Waals surface area (Å²) in [6, 6.07) is 1.55. The van der Waals surface area contributed by atoms with Crippen molar-refractivity contribution in [3.63, 3.8) is 0 Å². The topological polar surface area (TPSA) is 142 Å². The molecule has 2 aromatic heterocycles. The van der Waals surface area contributed by atoms with E-state index in [0.717, 1.165) is 11.3 Å². The molecule has 232 valence electrons. The normalized spacial score (nSPS) is 25.2. The molecule has 3 atom stereocenters. The third-order valence-electron chi connectivity index (χ3n) is 7.68. The van der Waals surface area contributed by atoms with E-state index in [2.05, 4.69) is 9.97 Å². The molecule has 19 heteroatoms. The number of ketones is 1. The number of hydrogen-bond donors (Lipinski definition) is 2. The first-order valence-electron chi connectivity index (χ1n) is 12.7. The molecule has 0 saturated carbocycles. The maximum absolute atomic E-state index is 13.4. The van der Waals surface area contributed by atoms with Gasteiger partial charge in [-0.15, -0.1) is 11.3 Å². The molecule has 0 aliphatic carbocycles. The molecule has 0 unspecified atom stereocenters. The third-order valence-corrected chi connectivity index (χ3v) is 10.9. The van der Waals surface area contributed by atoms with E-state index in [1.165, 1.54) is 21.3 Å². The van der Waals surface area contributed by atoms with Crippen LogP contribution < -0.4 is 10.6 Å². The average molecular weight is 645 g/mol. The summed E-state index contributed by atoms with van der Waals surface area (Å²) in [5.74, 6) is -0.187. The standard InChI is InChI=1S/C23H26F6N6O5S2/c24-22(25,26)21(37,23(27,28)29)13-7-31-20(32-8-13)34-4-3-33(42(38,39)19-2-1-18(30)41-19)9-16(34)10-35-14-5-17(36)6-15(35)12-40-11-14/h1-2,7-8,14-16,37H,3-6,9-12,30H2/t14-,15+,16-/m1/s1. The lowest BCUT2D eigenvalue weighted by atomic mass is 9.92. The largest absolute Gasteiger partial charge is 0.430 e. The predicted molar refractivity (Wildman–Crippen MR) is 136 cm³/mol. The summed E-state index contributed by atoms with van der Waals surface area (Å²) in [5.41, 5.74) is -1.08. The highest BCUT2D eigenvalue weighted by molar-refractivity contribution is 7.91. The number of ether oxygens (including phenoxy) is 1. The molecule has 0 amide bonds. The van der Waals surface area contributed by atoms with Gasteiger partial charge in [-0.1, -0.05) is 0 Å². The number of carbonyl (C=O) groups is 1. The SMILES string of the molecule is Nc1ccc(S(=O)(=O)N2CCN(c3ncc(C(O)(C(F)(F)F)C(F)(F)F)cn3)[C@@H](CN3[C@@H]4COC[C@H]3CC(=O)C4)C2)s1. The van der Waals surface area contributed by atoms with Gasteiger partial charge < -0.3 is 20.5 Å². The maximum Gasteiger partial charge on any atom is 0.430 e. The fourth-order valence-electron chi connectivity index (χ4n) is 5.54.